The van der Waals surface area contributed by atoms with Crippen LogP contribution in [0.15, 0.2) is 55.8 Å². The topological polar surface area (TPSA) is 79.4 Å². The van der Waals surface area contributed by atoms with E-state index in [-0.39, 0.29) is 10.8 Å². The minimum absolute atomic E-state index is 0.208. The molecule has 0 radical (unpaired) electrons. The van der Waals surface area contributed by atoms with E-state index in [2.05, 4.69) is 26.2 Å². The largest absolute Gasteiger partial charge is 0.301 e. The summed E-state index contributed by atoms with van der Waals surface area (Å²) < 4.78 is 26.9. The number of hydrogen-bond donors (Lipinski definition) is 1. The number of anilines is 1. The van der Waals surface area contributed by atoms with Crippen molar-refractivity contribution in [3.05, 3.63) is 51.6 Å². The van der Waals surface area contributed by atoms with Gasteiger partial charge in [-0.1, -0.05) is 34.1 Å². The van der Waals surface area contributed by atoms with Crippen molar-refractivity contribution in [2.24, 2.45) is 0 Å². The number of halogens is 1. The van der Waals surface area contributed by atoms with Gasteiger partial charge in [0, 0.05) is 22.5 Å². The Bertz CT molecular complexity index is 999. The normalized spacial score (nSPS) is 11.7. The molecule has 1 amide bonds. The van der Waals surface area contributed by atoms with Gasteiger partial charge in [0.25, 0.3) is 10.0 Å². The van der Waals surface area contributed by atoms with Crippen LogP contribution < -0.4 is 5.32 Å². The van der Waals surface area contributed by atoms with Crippen molar-refractivity contribution in [3.8, 4) is 11.3 Å². The number of carbonyl (C=O) groups excluding carboxylic acids is 1. The highest BCUT2D eigenvalue weighted by Crippen LogP contribution is 2.26. The predicted octanol–water partition coefficient (Wildman–Crippen LogP) is 3.89. The first-order valence-corrected chi connectivity index (χ1v) is 11.4. The fraction of sp³-hybridized carbons (Fsp3) is 0.125. The molecule has 2 aromatic heterocycles. The summed E-state index contributed by atoms with van der Waals surface area (Å²) in [6, 6.07) is 10.8. The van der Waals surface area contributed by atoms with Crippen molar-refractivity contribution in [1.29, 1.82) is 0 Å². The van der Waals surface area contributed by atoms with Crippen molar-refractivity contribution >= 4 is 59.7 Å². The summed E-state index contributed by atoms with van der Waals surface area (Å²) in [4.78, 5) is 16.6. The summed E-state index contributed by atoms with van der Waals surface area (Å²) in [6.45, 7) is -0.284. The van der Waals surface area contributed by atoms with Gasteiger partial charge in [0.2, 0.25) is 5.91 Å². The lowest BCUT2D eigenvalue weighted by Crippen LogP contribution is -2.34. The van der Waals surface area contributed by atoms with E-state index in [1.54, 1.807) is 11.4 Å². The Labute approximate surface area is 167 Å². The second-order valence-corrected chi connectivity index (χ2v) is 10.3. The third-order valence-corrected chi connectivity index (χ3v) is 7.88. The maximum atomic E-state index is 12.3. The highest BCUT2D eigenvalue weighted by Gasteiger charge is 2.24. The van der Waals surface area contributed by atoms with Crippen molar-refractivity contribution in [3.63, 3.8) is 0 Å². The van der Waals surface area contributed by atoms with E-state index in [0.717, 1.165) is 31.4 Å². The van der Waals surface area contributed by atoms with E-state index < -0.39 is 15.9 Å². The zero-order chi connectivity index (χ0) is 18.7. The fourth-order valence-electron chi connectivity index (χ4n) is 2.09. The molecule has 6 nitrogen and oxygen atoms in total. The molecule has 0 aliphatic carbocycles. The van der Waals surface area contributed by atoms with Crippen molar-refractivity contribution in [2.45, 2.75) is 4.21 Å². The standard InChI is InChI=1S/C16H14BrN3O3S3/c1-20(26(22,23)15-3-2-8-24-15)9-14(21)19-16-18-13(10-25-16)11-4-6-12(17)7-5-11/h2-8,10H,9H2,1H3,(H,18,19,21). The molecule has 136 valence electrons. The zero-order valence-electron chi connectivity index (χ0n) is 13.5. The van der Waals surface area contributed by atoms with Crippen LogP contribution in [0.4, 0.5) is 5.13 Å². The molecular weight excluding hydrogens is 458 g/mol. The first-order chi connectivity index (χ1) is 12.4. The molecule has 0 unspecified atom stereocenters. The second-order valence-electron chi connectivity index (χ2n) is 5.29. The molecule has 1 N–H and O–H groups in total. The number of amides is 1. The maximum absolute atomic E-state index is 12.3. The first-order valence-electron chi connectivity index (χ1n) is 7.37. The van der Waals surface area contributed by atoms with Crippen LogP contribution in [0.5, 0.6) is 0 Å². The lowest BCUT2D eigenvalue weighted by molar-refractivity contribution is -0.116. The summed E-state index contributed by atoms with van der Waals surface area (Å²) in [6.07, 6.45) is 0. The number of likely N-dealkylation sites (N-methyl/N-ethyl adjacent to an activating group) is 1. The zero-order valence-corrected chi connectivity index (χ0v) is 17.6. The second kappa shape index (κ2) is 7.97. The molecule has 3 rings (SSSR count). The van der Waals surface area contributed by atoms with E-state index in [1.165, 1.54) is 24.5 Å². The van der Waals surface area contributed by atoms with Gasteiger partial charge in [-0.15, -0.1) is 22.7 Å². The summed E-state index contributed by atoms with van der Waals surface area (Å²) in [5.41, 5.74) is 1.68. The van der Waals surface area contributed by atoms with E-state index in [9.17, 15) is 13.2 Å². The Morgan fingerprint density at radius 3 is 2.62 bits per heavy atom. The summed E-state index contributed by atoms with van der Waals surface area (Å²) >= 11 is 5.79. The number of rotatable bonds is 6. The van der Waals surface area contributed by atoms with Gasteiger partial charge in [0.1, 0.15) is 4.21 Å². The predicted molar refractivity (Wildman–Crippen MR) is 108 cm³/mol. The number of thiazole rings is 1. The van der Waals surface area contributed by atoms with Gasteiger partial charge in [0.05, 0.1) is 12.2 Å². The molecule has 3 aromatic rings. The highest BCUT2D eigenvalue weighted by molar-refractivity contribution is 9.10. The molecular formula is C16H14BrN3O3S3. The van der Waals surface area contributed by atoms with Gasteiger partial charge in [-0.3, -0.25) is 4.79 Å². The SMILES string of the molecule is CN(CC(=O)Nc1nc(-c2ccc(Br)cc2)cs1)S(=O)(=O)c1cccs1. The number of sulfonamides is 1. The third kappa shape index (κ3) is 4.38. The Hall–Kier alpha value is -1.59. The number of hydrogen-bond acceptors (Lipinski definition) is 6. The summed E-state index contributed by atoms with van der Waals surface area (Å²) in [5, 5.41) is 6.59. The summed E-state index contributed by atoms with van der Waals surface area (Å²) in [5.74, 6) is -0.440. The van der Waals surface area contributed by atoms with Crippen LogP contribution in [-0.4, -0.2) is 37.2 Å². The molecule has 0 fully saturated rings. The molecule has 0 atom stereocenters. The van der Waals surface area contributed by atoms with Gasteiger partial charge in [-0.2, -0.15) is 4.31 Å². The van der Waals surface area contributed by atoms with Crippen LogP contribution in [0.1, 0.15) is 0 Å². The number of benzene rings is 1. The number of aromatic nitrogens is 1. The van der Waals surface area contributed by atoms with Crippen LogP contribution >= 0.6 is 38.6 Å². The van der Waals surface area contributed by atoms with E-state index in [4.69, 9.17) is 0 Å². The van der Waals surface area contributed by atoms with Crippen molar-refractivity contribution in [1.82, 2.24) is 9.29 Å². The number of nitrogens with zero attached hydrogens (tertiary/aromatic N) is 2. The molecule has 0 saturated carbocycles. The van der Waals surface area contributed by atoms with Crippen LogP contribution in [-0.2, 0) is 14.8 Å². The highest BCUT2D eigenvalue weighted by atomic mass is 79.9. The van der Waals surface area contributed by atoms with Gasteiger partial charge in [-0.05, 0) is 23.6 Å². The molecule has 0 aliphatic heterocycles. The number of carbonyl (C=O) groups is 1. The van der Waals surface area contributed by atoms with E-state index in [0.29, 0.717) is 5.13 Å². The van der Waals surface area contributed by atoms with Crippen LogP contribution in [0.2, 0.25) is 0 Å². The number of nitrogens with one attached hydrogen (secondary N) is 1. The summed E-state index contributed by atoms with van der Waals surface area (Å²) in [7, 11) is -2.28. The Morgan fingerprint density at radius 2 is 1.96 bits per heavy atom. The molecule has 26 heavy (non-hydrogen) atoms. The average Bonchev–Trinajstić information content (AvgIpc) is 3.27. The Morgan fingerprint density at radius 1 is 1.23 bits per heavy atom. The molecule has 1 aromatic carbocycles. The molecule has 0 saturated heterocycles. The quantitative estimate of drug-likeness (QED) is 0.591. The monoisotopic (exact) mass is 471 g/mol. The van der Waals surface area contributed by atoms with Crippen LogP contribution in [0, 0.1) is 0 Å². The minimum atomic E-state index is -3.66. The molecule has 10 heteroatoms. The van der Waals surface area contributed by atoms with Gasteiger partial charge in [-0.25, -0.2) is 13.4 Å². The molecule has 0 spiro atoms. The third-order valence-electron chi connectivity index (χ3n) is 3.42. The van der Waals surface area contributed by atoms with E-state index in [1.807, 2.05) is 29.6 Å². The van der Waals surface area contributed by atoms with Crippen molar-refractivity contribution in [2.75, 3.05) is 18.9 Å². The van der Waals surface area contributed by atoms with Crippen LogP contribution in [0.3, 0.4) is 0 Å². The van der Waals surface area contributed by atoms with E-state index >= 15 is 0 Å². The van der Waals surface area contributed by atoms with Gasteiger partial charge < -0.3 is 5.32 Å². The average molecular weight is 472 g/mol. The van der Waals surface area contributed by atoms with Gasteiger partial charge in [0.15, 0.2) is 5.13 Å². The smallest absolute Gasteiger partial charge is 0.252 e. The minimum Gasteiger partial charge on any atom is -0.301 e. The maximum Gasteiger partial charge on any atom is 0.252 e. The molecule has 2 heterocycles. The molecule has 0 bridgehead atoms. The number of thiophene rings is 1. The first kappa shape index (κ1) is 19.2. The lowest BCUT2D eigenvalue weighted by Gasteiger charge is -2.14. The fourth-order valence-corrected chi connectivity index (χ4v) is 5.42. The Balaban J connectivity index is 1.64. The van der Waals surface area contributed by atoms with Gasteiger partial charge >= 0.3 is 0 Å². The lowest BCUT2D eigenvalue weighted by atomic mass is 10.2. The Kier molecular flexibility index (Phi) is 5.88. The van der Waals surface area contributed by atoms with Crippen LogP contribution in [0.25, 0.3) is 11.3 Å². The molecule has 0 aliphatic rings. The van der Waals surface area contributed by atoms with Crippen molar-refractivity contribution < 1.29 is 13.2 Å².